The van der Waals surface area contributed by atoms with Crippen molar-refractivity contribution in [1.82, 2.24) is 0 Å². The van der Waals surface area contributed by atoms with E-state index in [0.717, 1.165) is 0 Å². The summed E-state index contributed by atoms with van der Waals surface area (Å²) in [5.41, 5.74) is 5.94. The first-order valence-corrected chi connectivity index (χ1v) is 5.88. The first kappa shape index (κ1) is 21.7. The second-order valence-electron chi connectivity index (χ2n) is 3.30. The molecule has 0 amide bonds. The molecular weight excluding hydrogens is 296 g/mol. The molecule has 0 aliphatic carbocycles. The fourth-order valence-corrected chi connectivity index (χ4v) is 1.50. The summed E-state index contributed by atoms with van der Waals surface area (Å²) in [4.78, 5) is 10.5. The molecule has 0 radical (unpaired) electrons. The quantitative estimate of drug-likeness (QED) is 0.447. The predicted octanol–water partition coefficient (Wildman–Crippen LogP) is -1.47. The van der Waals surface area contributed by atoms with Gasteiger partial charge in [-0.25, -0.2) is 0 Å². The first-order chi connectivity index (χ1) is 7.78. The number of hydrogen-bond donors (Lipinski definition) is 3. The Balaban J connectivity index is 0. The zero-order valence-electron chi connectivity index (χ0n) is 8.61. The van der Waals surface area contributed by atoms with Crippen molar-refractivity contribution in [1.29, 1.82) is 0 Å². The number of aliphatic carboxylic acids is 1. The van der Waals surface area contributed by atoms with Gasteiger partial charge in [0, 0.05) is 0 Å². The third kappa shape index (κ3) is 9.01. The van der Waals surface area contributed by atoms with E-state index in [9.17, 15) is 13.2 Å². The molecule has 1 aromatic carbocycles. The fraction of sp³-hybridized carbons (Fsp3) is 0.222. The molecule has 1 rings (SSSR count). The molecule has 1 atom stereocenters. The van der Waals surface area contributed by atoms with Crippen molar-refractivity contribution in [2.75, 3.05) is 0 Å². The van der Waals surface area contributed by atoms with Gasteiger partial charge in [0.05, 0.1) is 0 Å². The second-order valence-corrected chi connectivity index (χ2v) is 4.33. The van der Waals surface area contributed by atoms with Gasteiger partial charge in [-0.3, -0.25) is 9.35 Å². The molecule has 0 saturated carbocycles. The average molecular weight is 309 g/mol. The summed E-state index contributed by atoms with van der Waals surface area (Å²) in [5, 5.41) is 8.59. The van der Waals surface area contributed by atoms with Crippen LogP contribution in [0.2, 0.25) is 0 Å². The van der Waals surface area contributed by atoms with E-state index in [-0.39, 0.29) is 71.3 Å². The van der Waals surface area contributed by atoms with Gasteiger partial charge in [-0.1, -0.05) is 12.1 Å². The summed E-state index contributed by atoms with van der Waals surface area (Å²) >= 11 is 0. The zero-order valence-corrected chi connectivity index (χ0v) is 9.42. The van der Waals surface area contributed by atoms with E-state index >= 15 is 0 Å². The van der Waals surface area contributed by atoms with Crippen LogP contribution in [0, 0.1) is 0 Å². The van der Waals surface area contributed by atoms with Crippen LogP contribution in [0.15, 0.2) is 24.3 Å². The standard InChI is InChI=1S/C9H11NO6S.2Na.2H/c10-8(9(11)12)5-6-1-3-7(4-2-6)16-17(13,14)15;;;;/h1-4,8H,5,10H2,(H,11,12)(H,13,14,15);;;;/t8-;;;;/m0..../s1. The number of carboxylic acids is 1. The Kier molecular flexibility index (Phi) is 10.6. The van der Waals surface area contributed by atoms with E-state index in [1.54, 1.807) is 0 Å². The molecule has 0 unspecified atom stereocenters. The van der Waals surface area contributed by atoms with Crippen molar-refractivity contribution in [3.63, 3.8) is 0 Å². The molecule has 19 heavy (non-hydrogen) atoms. The van der Waals surface area contributed by atoms with Crippen molar-refractivity contribution < 1.29 is 27.1 Å². The maximum atomic E-state index is 10.5. The van der Waals surface area contributed by atoms with Crippen LogP contribution in [0.25, 0.3) is 0 Å². The van der Waals surface area contributed by atoms with E-state index in [1.165, 1.54) is 24.3 Å². The van der Waals surface area contributed by atoms with Gasteiger partial charge in [0.15, 0.2) is 0 Å². The predicted molar refractivity (Wildman–Crippen MR) is 72.2 cm³/mol. The van der Waals surface area contributed by atoms with Crippen LogP contribution in [-0.4, -0.2) is 89.2 Å². The van der Waals surface area contributed by atoms with Crippen molar-refractivity contribution >= 4 is 75.5 Å². The molecule has 0 spiro atoms. The zero-order chi connectivity index (χ0) is 13.1. The van der Waals surface area contributed by atoms with E-state index in [1.807, 2.05) is 0 Å². The van der Waals surface area contributed by atoms with E-state index in [4.69, 9.17) is 15.4 Å². The van der Waals surface area contributed by atoms with E-state index in [2.05, 4.69) is 4.18 Å². The molecule has 4 N–H and O–H groups in total. The summed E-state index contributed by atoms with van der Waals surface area (Å²) in [6.07, 6.45) is 0.113. The summed E-state index contributed by atoms with van der Waals surface area (Å²) in [7, 11) is -4.55. The fourth-order valence-electron chi connectivity index (χ4n) is 1.14. The maximum absolute atomic E-state index is 10.5. The molecule has 0 heterocycles. The SMILES string of the molecule is N[C@@H](Cc1ccc(OS(=O)(=O)O)cc1)C(=O)O.[NaH].[NaH]. The van der Waals surface area contributed by atoms with Gasteiger partial charge in [0.25, 0.3) is 0 Å². The van der Waals surface area contributed by atoms with Gasteiger partial charge in [-0.15, -0.1) is 0 Å². The van der Waals surface area contributed by atoms with Crippen LogP contribution in [0.5, 0.6) is 5.75 Å². The first-order valence-electron chi connectivity index (χ1n) is 4.52. The molecule has 0 bridgehead atoms. The monoisotopic (exact) mass is 309 g/mol. The number of nitrogens with two attached hydrogens (primary N) is 1. The van der Waals surface area contributed by atoms with Crippen LogP contribution in [-0.2, 0) is 21.6 Å². The molecule has 10 heteroatoms. The minimum absolute atomic E-state index is 0. The van der Waals surface area contributed by atoms with Gasteiger partial charge in [-0.05, 0) is 24.1 Å². The Morgan fingerprint density at radius 1 is 1.26 bits per heavy atom. The molecule has 0 aliphatic heterocycles. The number of hydrogen-bond acceptors (Lipinski definition) is 5. The van der Waals surface area contributed by atoms with Crippen molar-refractivity contribution in [3.05, 3.63) is 29.8 Å². The van der Waals surface area contributed by atoms with Gasteiger partial charge in [0.2, 0.25) is 0 Å². The Bertz CT molecular complexity index is 504. The third-order valence-corrected chi connectivity index (χ3v) is 2.30. The molecule has 0 aliphatic rings. The Labute approximate surface area is 155 Å². The molecule has 0 aromatic heterocycles. The molecule has 7 nitrogen and oxygen atoms in total. The minimum atomic E-state index is -4.55. The Morgan fingerprint density at radius 2 is 1.74 bits per heavy atom. The molecule has 0 saturated heterocycles. The molecule has 1 aromatic rings. The van der Waals surface area contributed by atoms with E-state index in [0.29, 0.717) is 5.56 Å². The molecule has 0 fully saturated rings. The van der Waals surface area contributed by atoms with E-state index < -0.39 is 22.4 Å². The number of rotatable bonds is 5. The van der Waals surface area contributed by atoms with Gasteiger partial charge in [-0.2, -0.15) is 8.42 Å². The summed E-state index contributed by atoms with van der Waals surface area (Å²) in [6, 6.07) is 4.48. The van der Waals surface area contributed by atoms with Crippen molar-refractivity contribution in [2.24, 2.45) is 5.73 Å². The summed E-state index contributed by atoms with van der Waals surface area (Å²) in [6.45, 7) is 0. The third-order valence-electron chi connectivity index (χ3n) is 1.90. The number of carboxylic acid groups (broad SMARTS) is 1. The van der Waals surface area contributed by atoms with Crippen LogP contribution >= 0.6 is 0 Å². The van der Waals surface area contributed by atoms with Crippen LogP contribution in [0.3, 0.4) is 0 Å². The molecular formula is C9H13NNa2O6S. The topological polar surface area (TPSA) is 127 Å². The molecule has 98 valence electrons. The van der Waals surface area contributed by atoms with Gasteiger partial charge < -0.3 is 15.0 Å². The van der Waals surface area contributed by atoms with Crippen molar-refractivity contribution in [3.8, 4) is 5.75 Å². The Morgan fingerprint density at radius 3 is 2.11 bits per heavy atom. The second kappa shape index (κ2) is 9.32. The normalized spacial score (nSPS) is 11.7. The average Bonchev–Trinajstić information content (AvgIpc) is 2.18. The van der Waals surface area contributed by atoms with Crippen LogP contribution < -0.4 is 9.92 Å². The summed E-state index contributed by atoms with van der Waals surface area (Å²) < 4.78 is 33.4. The van der Waals surface area contributed by atoms with Crippen molar-refractivity contribution in [2.45, 2.75) is 12.5 Å². The Hall–Kier alpha value is 0.360. The van der Waals surface area contributed by atoms with Gasteiger partial charge in [0.1, 0.15) is 11.8 Å². The summed E-state index contributed by atoms with van der Waals surface area (Å²) in [5.74, 6) is -1.19. The van der Waals surface area contributed by atoms with Crippen LogP contribution in [0.4, 0.5) is 0 Å². The number of carbonyl (C=O) groups is 1. The number of benzene rings is 1. The van der Waals surface area contributed by atoms with Crippen LogP contribution in [0.1, 0.15) is 5.56 Å². The van der Waals surface area contributed by atoms with Gasteiger partial charge >= 0.3 is 75.5 Å².